The predicted octanol–water partition coefficient (Wildman–Crippen LogP) is 3.90. The fourth-order valence-electron chi connectivity index (χ4n) is 2.50. The SMILES string of the molecule is COc1ccc(COCCC(c2ccccc2)N(C)C)cc1. The van der Waals surface area contributed by atoms with Gasteiger partial charge in [-0.05, 0) is 43.8 Å². The van der Waals surface area contributed by atoms with E-state index in [1.165, 1.54) is 11.1 Å². The van der Waals surface area contributed by atoms with Crippen LogP contribution in [0.1, 0.15) is 23.6 Å². The van der Waals surface area contributed by atoms with Crippen LogP contribution in [0, 0.1) is 0 Å². The normalized spacial score (nSPS) is 12.4. The molecule has 1 atom stereocenters. The van der Waals surface area contributed by atoms with Gasteiger partial charge in [0.2, 0.25) is 0 Å². The van der Waals surface area contributed by atoms with E-state index < -0.39 is 0 Å². The van der Waals surface area contributed by atoms with Crippen LogP contribution in [-0.2, 0) is 11.3 Å². The number of hydrogen-bond acceptors (Lipinski definition) is 3. The molecule has 0 radical (unpaired) electrons. The molecule has 0 spiro atoms. The molecule has 0 saturated heterocycles. The number of rotatable bonds is 8. The summed E-state index contributed by atoms with van der Waals surface area (Å²) in [6, 6.07) is 19.0. The summed E-state index contributed by atoms with van der Waals surface area (Å²) in [6.45, 7) is 1.38. The van der Waals surface area contributed by atoms with Crippen molar-refractivity contribution >= 4 is 0 Å². The van der Waals surface area contributed by atoms with E-state index in [2.05, 4.69) is 49.3 Å². The third-order valence-corrected chi connectivity index (χ3v) is 3.77. The summed E-state index contributed by atoms with van der Waals surface area (Å²) >= 11 is 0. The van der Waals surface area contributed by atoms with Gasteiger partial charge in [-0.2, -0.15) is 0 Å². The summed E-state index contributed by atoms with van der Waals surface area (Å²) in [4.78, 5) is 2.24. The summed E-state index contributed by atoms with van der Waals surface area (Å²) < 4.78 is 11.0. The second-order valence-corrected chi connectivity index (χ2v) is 5.58. The van der Waals surface area contributed by atoms with Crippen LogP contribution >= 0.6 is 0 Å². The number of methoxy groups -OCH3 is 1. The van der Waals surface area contributed by atoms with Gasteiger partial charge in [0.1, 0.15) is 5.75 Å². The third kappa shape index (κ3) is 4.86. The van der Waals surface area contributed by atoms with Crippen molar-refractivity contribution in [2.45, 2.75) is 19.1 Å². The molecule has 3 nitrogen and oxygen atoms in total. The van der Waals surface area contributed by atoms with Crippen LogP contribution in [0.25, 0.3) is 0 Å². The number of benzene rings is 2. The second kappa shape index (κ2) is 8.57. The fraction of sp³-hybridized carbons (Fsp3) is 0.368. The van der Waals surface area contributed by atoms with Crippen molar-refractivity contribution in [2.75, 3.05) is 27.8 Å². The van der Waals surface area contributed by atoms with E-state index in [1.807, 2.05) is 24.3 Å². The van der Waals surface area contributed by atoms with Gasteiger partial charge in [0.15, 0.2) is 0 Å². The van der Waals surface area contributed by atoms with Gasteiger partial charge < -0.3 is 14.4 Å². The number of ether oxygens (including phenoxy) is 2. The molecule has 0 aliphatic heterocycles. The van der Waals surface area contributed by atoms with Crippen LogP contribution in [0.3, 0.4) is 0 Å². The van der Waals surface area contributed by atoms with Crippen molar-refractivity contribution in [3.05, 3.63) is 65.7 Å². The Bertz CT molecular complexity index is 537. The van der Waals surface area contributed by atoms with Crippen LogP contribution < -0.4 is 4.74 Å². The average Bonchev–Trinajstić information content (AvgIpc) is 2.56. The lowest BCUT2D eigenvalue weighted by Crippen LogP contribution is -2.21. The molecule has 0 bridgehead atoms. The highest BCUT2D eigenvalue weighted by Crippen LogP contribution is 2.21. The van der Waals surface area contributed by atoms with Gasteiger partial charge in [-0.25, -0.2) is 0 Å². The minimum atomic E-state index is 0.386. The third-order valence-electron chi connectivity index (χ3n) is 3.77. The average molecular weight is 299 g/mol. The quantitative estimate of drug-likeness (QED) is 0.690. The first-order chi connectivity index (χ1) is 10.7. The lowest BCUT2D eigenvalue weighted by Gasteiger charge is -2.24. The van der Waals surface area contributed by atoms with Crippen LogP contribution in [0.2, 0.25) is 0 Å². The molecule has 0 N–H and O–H groups in total. The van der Waals surface area contributed by atoms with Crippen molar-refractivity contribution in [2.24, 2.45) is 0 Å². The van der Waals surface area contributed by atoms with Gasteiger partial charge in [-0.15, -0.1) is 0 Å². The molecular formula is C19H25NO2. The summed E-state index contributed by atoms with van der Waals surface area (Å²) in [7, 11) is 5.90. The van der Waals surface area contributed by atoms with Gasteiger partial charge in [-0.3, -0.25) is 0 Å². The van der Waals surface area contributed by atoms with Crippen molar-refractivity contribution in [3.63, 3.8) is 0 Å². The molecule has 0 saturated carbocycles. The highest BCUT2D eigenvalue weighted by atomic mass is 16.5. The molecular weight excluding hydrogens is 274 g/mol. The van der Waals surface area contributed by atoms with Gasteiger partial charge in [-0.1, -0.05) is 42.5 Å². The Morgan fingerprint density at radius 3 is 2.23 bits per heavy atom. The Labute approximate surface area is 133 Å². The lowest BCUT2D eigenvalue weighted by atomic mass is 10.0. The van der Waals surface area contributed by atoms with Crippen LogP contribution in [0.15, 0.2) is 54.6 Å². The zero-order valence-corrected chi connectivity index (χ0v) is 13.7. The summed E-state index contributed by atoms with van der Waals surface area (Å²) in [5.41, 5.74) is 2.50. The Kier molecular flexibility index (Phi) is 6.44. The van der Waals surface area contributed by atoms with E-state index in [9.17, 15) is 0 Å². The molecule has 3 heteroatoms. The highest BCUT2D eigenvalue weighted by Gasteiger charge is 2.13. The maximum atomic E-state index is 5.83. The molecule has 0 heterocycles. The minimum absolute atomic E-state index is 0.386. The fourth-order valence-corrected chi connectivity index (χ4v) is 2.50. The van der Waals surface area contributed by atoms with Gasteiger partial charge >= 0.3 is 0 Å². The molecule has 1 unspecified atom stereocenters. The molecule has 118 valence electrons. The monoisotopic (exact) mass is 299 g/mol. The zero-order valence-electron chi connectivity index (χ0n) is 13.7. The summed E-state index contributed by atoms with van der Waals surface area (Å²) in [5, 5.41) is 0. The highest BCUT2D eigenvalue weighted by molar-refractivity contribution is 5.26. The van der Waals surface area contributed by atoms with E-state index in [1.54, 1.807) is 7.11 Å². The molecule has 0 aliphatic carbocycles. The number of nitrogens with zero attached hydrogens (tertiary/aromatic N) is 1. The van der Waals surface area contributed by atoms with E-state index in [-0.39, 0.29) is 0 Å². The van der Waals surface area contributed by atoms with E-state index in [0.29, 0.717) is 12.6 Å². The van der Waals surface area contributed by atoms with Gasteiger partial charge in [0.25, 0.3) is 0 Å². The topological polar surface area (TPSA) is 21.7 Å². The predicted molar refractivity (Wildman–Crippen MR) is 90.1 cm³/mol. The Balaban J connectivity index is 1.80. The summed E-state index contributed by atoms with van der Waals surface area (Å²) in [6.07, 6.45) is 0.979. The van der Waals surface area contributed by atoms with Crippen molar-refractivity contribution in [1.29, 1.82) is 0 Å². The van der Waals surface area contributed by atoms with Crippen LogP contribution in [-0.4, -0.2) is 32.7 Å². The standard InChI is InChI=1S/C19H25NO2/c1-20(2)19(17-7-5-4-6-8-17)13-14-22-15-16-9-11-18(21-3)12-10-16/h4-12,19H,13-15H2,1-3H3. The molecule has 2 rings (SSSR count). The van der Waals surface area contributed by atoms with E-state index in [0.717, 1.165) is 18.8 Å². The van der Waals surface area contributed by atoms with Crippen LogP contribution in [0.5, 0.6) is 5.75 Å². The Morgan fingerprint density at radius 2 is 1.64 bits per heavy atom. The molecule has 0 fully saturated rings. The Hall–Kier alpha value is -1.84. The largest absolute Gasteiger partial charge is 0.497 e. The maximum absolute atomic E-state index is 5.83. The molecule has 0 aromatic heterocycles. The molecule has 0 amide bonds. The Morgan fingerprint density at radius 1 is 0.955 bits per heavy atom. The zero-order chi connectivity index (χ0) is 15.8. The van der Waals surface area contributed by atoms with E-state index in [4.69, 9.17) is 9.47 Å². The maximum Gasteiger partial charge on any atom is 0.118 e. The molecule has 2 aromatic carbocycles. The number of hydrogen-bond donors (Lipinski definition) is 0. The molecule has 2 aromatic rings. The van der Waals surface area contributed by atoms with Gasteiger partial charge in [0.05, 0.1) is 13.7 Å². The second-order valence-electron chi connectivity index (χ2n) is 5.58. The minimum Gasteiger partial charge on any atom is -0.497 e. The van der Waals surface area contributed by atoms with Crippen molar-refractivity contribution in [3.8, 4) is 5.75 Å². The smallest absolute Gasteiger partial charge is 0.118 e. The first-order valence-corrected chi connectivity index (χ1v) is 7.62. The van der Waals surface area contributed by atoms with Gasteiger partial charge in [0, 0.05) is 12.6 Å². The van der Waals surface area contributed by atoms with Crippen molar-refractivity contribution < 1.29 is 9.47 Å². The first kappa shape index (κ1) is 16.5. The van der Waals surface area contributed by atoms with E-state index >= 15 is 0 Å². The molecule has 0 aliphatic rings. The summed E-state index contributed by atoms with van der Waals surface area (Å²) in [5.74, 6) is 0.875. The lowest BCUT2D eigenvalue weighted by molar-refractivity contribution is 0.0985. The van der Waals surface area contributed by atoms with Crippen molar-refractivity contribution in [1.82, 2.24) is 4.90 Å². The first-order valence-electron chi connectivity index (χ1n) is 7.62. The molecule has 22 heavy (non-hydrogen) atoms. The van der Waals surface area contributed by atoms with Crippen LogP contribution in [0.4, 0.5) is 0 Å².